The highest BCUT2D eigenvalue weighted by Crippen LogP contribution is 2.37. The Morgan fingerprint density at radius 3 is 2.50 bits per heavy atom. The summed E-state index contributed by atoms with van der Waals surface area (Å²) in [4.78, 5) is 26.5. The van der Waals surface area contributed by atoms with Gasteiger partial charge in [0.2, 0.25) is 0 Å². The van der Waals surface area contributed by atoms with Crippen LogP contribution in [0.1, 0.15) is 40.0 Å². The van der Waals surface area contributed by atoms with Crippen molar-refractivity contribution in [1.82, 2.24) is 19.8 Å². The van der Waals surface area contributed by atoms with Gasteiger partial charge < -0.3 is 20.9 Å². The van der Waals surface area contributed by atoms with Gasteiger partial charge in [-0.1, -0.05) is 0 Å². The number of hydrogen-bond donors (Lipinski definition) is 2. The number of nitrogen functional groups attached to an aromatic ring is 1. The zero-order valence-corrected chi connectivity index (χ0v) is 18.4. The average Bonchev–Trinajstić information content (AvgIpc) is 2.84. The quantitative estimate of drug-likeness (QED) is 0.493. The molecule has 2 aromatic heterocycles. The molecule has 1 aliphatic carbocycles. The van der Waals surface area contributed by atoms with Gasteiger partial charge in [0.25, 0.3) is 5.91 Å². The van der Waals surface area contributed by atoms with Crippen molar-refractivity contribution < 1.29 is 4.79 Å². The van der Waals surface area contributed by atoms with Gasteiger partial charge in [0.1, 0.15) is 5.69 Å². The van der Waals surface area contributed by atoms with E-state index in [1.807, 2.05) is 29.2 Å². The van der Waals surface area contributed by atoms with Gasteiger partial charge in [-0.15, -0.1) is 0 Å². The van der Waals surface area contributed by atoms with Crippen molar-refractivity contribution in [2.45, 2.75) is 25.7 Å². The molecule has 1 fully saturated rings. The van der Waals surface area contributed by atoms with Crippen molar-refractivity contribution in [1.29, 1.82) is 5.41 Å². The lowest BCUT2D eigenvalue weighted by atomic mass is 9.85. The second-order valence-corrected chi connectivity index (χ2v) is 8.76. The predicted molar refractivity (Wildman–Crippen MR) is 127 cm³/mol. The number of rotatable bonds is 3. The van der Waals surface area contributed by atoms with Gasteiger partial charge in [0.05, 0.1) is 11.2 Å². The number of aromatic nitrogens is 2. The molecule has 3 heterocycles. The first-order chi connectivity index (χ1) is 15.6. The molecule has 7 nitrogen and oxygen atoms in total. The molecule has 0 unspecified atom stereocenters. The molecule has 5 rings (SSSR count). The summed E-state index contributed by atoms with van der Waals surface area (Å²) in [6, 6.07) is 7.55. The largest absolute Gasteiger partial charge is 0.398 e. The number of pyridine rings is 2. The summed E-state index contributed by atoms with van der Waals surface area (Å²) in [6.07, 6.45) is 7.26. The van der Waals surface area contributed by atoms with Crippen LogP contribution in [0.25, 0.3) is 22.2 Å². The minimum absolute atomic E-state index is 0.00995. The Morgan fingerprint density at radius 1 is 1.06 bits per heavy atom. The highest BCUT2D eigenvalue weighted by Gasteiger charge is 2.24. The SMILES string of the molecule is CN1CCN(C(=O)c2ccc(-c3nc4ccc(N)c(C=N)c4c4c3CCCC4)cn2)CC1. The monoisotopic (exact) mass is 428 g/mol. The molecule has 3 N–H and O–H groups in total. The number of piperazine rings is 1. The van der Waals surface area contributed by atoms with Gasteiger partial charge in [-0.25, -0.2) is 4.98 Å². The third kappa shape index (κ3) is 3.52. The zero-order chi connectivity index (χ0) is 22.2. The summed E-state index contributed by atoms with van der Waals surface area (Å²) < 4.78 is 0. The van der Waals surface area contributed by atoms with Crippen molar-refractivity contribution in [3.63, 3.8) is 0 Å². The summed E-state index contributed by atoms with van der Waals surface area (Å²) >= 11 is 0. The minimum atomic E-state index is -0.00995. The van der Waals surface area contributed by atoms with Crippen LogP contribution in [0.4, 0.5) is 5.69 Å². The maximum absolute atomic E-state index is 12.9. The van der Waals surface area contributed by atoms with Crippen molar-refractivity contribution in [3.8, 4) is 11.3 Å². The second-order valence-electron chi connectivity index (χ2n) is 8.76. The van der Waals surface area contributed by atoms with E-state index in [0.29, 0.717) is 11.4 Å². The summed E-state index contributed by atoms with van der Waals surface area (Å²) in [5.41, 5.74) is 13.2. The number of likely N-dealkylation sites (N-methyl/N-ethyl adjacent to an activating group) is 1. The number of hydrogen-bond acceptors (Lipinski definition) is 6. The van der Waals surface area contributed by atoms with Crippen LogP contribution >= 0.6 is 0 Å². The summed E-state index contributed by atoms with van der Waals surface area (Å²) in [5, 5.41) is 8.89. The first-order valence-corrected chi connectivity index (χ1v) is 11.3. The van der Waals surface area contributed by atoms with Crippen molar-refractivity contribution in [2.24, 2.45) is 0 Å². The molecule has 32 heavy (non-hydrogen) atoms. The van der Waals surface area contributed by atoms with Crippen LogP contribution in [0.2, 0.25) is 0 Å². The predicted octanol–water partition coefficient (Wildman–Crippen LogP) is 3.14. The number of aryl methyl sites for hydroxylation is 1. The number of carbonyl (C=O) groups excluding carboxylic acids is 1. The molecule has 0 atom stereocenters. The lowest BCUT2D eigenvalue weighted by Crippen LogP contribution is -2.47. The highest BCUT2D eigenvalue weighted by molar-refractivity contribution is 6.05. The number of nitrogens with two attached hydrogens (primary N) is 1. The molecule has 7 heteroatoms. The number of benzene rings is 1. The van der Waals surface area contributed by atoms with Gasteiger partial charge in [-0.2, -0.15) is 0 Å². The topological polar surface area (TPSA) is 99.2 Å². The smallest absolute Gasteiger partial charge is 0.272 e. The van der Waals surface area contributed by atoms with Crippen LogP contribution in [-0.2, 0) is 12.8 Å². The van der Waals surface area contributed by atoms with E-state index in [1.54, 1.807) is 6.20 Å². The van der Waals surface area contributed by atoms with Gasteiger partial charge >= 0.3 is 0 Å². The van der Waals surface area contributed by atoms with Crippen LogP contribution in [0.15, 0.2) is 30.5 Å². The summed E-state index contributed by atoms with van der Waals surface area (Å²) in [6.45, 7) is 3.24. The highest BCUT2D eigenvalue weighted by atomic mass is 16.2. The van der Waals surface area contributed by atoms with E-state index in [9.17, 15) is 4.79 Å². The zero-order valence-electron chi connectivity index (χ0n) is 18.4. The normalized spacial score (nSPS) is 16.7. The Hall–Kier alpha value is -3.32. The third-order valence-corrected chi connectivity index (χ3v) is 6.74. The third-order valence-electron chi connectivity index (χ3n) is 6.74. The van der Waals surface area contributed by atoms with E-state index >= 15 is 0 Å². The van der Waals surface area contributed by atoms with Gasteiger partial charge in [0.15, 0.2) is 0 Å². The van der Waals surface area contributed by atoms with Crippen molar-refractivity contribution in [3.05, 3.63) is 52.8 Å². The Balaban J connectivity index is 1.54. The Labute approximate surface area is 187 Å². The fourth-order valence-electron chi connectivity index (χ4n) is 4.89. The summed E-state index contributed by atoms with van der Waals surface area (Å²) in [7, 11) is 2.07. The number of nitrogens with one attached hydrogen (secondary N) is 1. The molecule has 0 spiro atoms. The van der Waals surface area contributed by atoms with Gasteiger partial charge in [-0.05, 0) is 68.1 Å². The van der Waals surface area contributed by atoms with Gasteiger partial charge in [0, 0.05) is 60.8 Å². The number of fused-ring (bicyclic) bond motifs is 3. The molecule has 2 aliphatic rings. The molecule has 1 aliphatic heterocycles. The molecular formula is C25H28N6O. The van der Waals surface area contributed by atoms with E-state index < -0.39 is 0 Å². The molecule has 0 radical (unpaired) electrons. The first-order valence-electron chi connectivity index (χ1n) is 11.3. The first kappa shape index (κ1) is 20.6. The number of anilines is 1. The van der Waals surface area contributed by atoms with Gasteiger partial charge in [-0.3, -0.25) is 9.78 Å². The van der Waals surface area contributed by atoms with Crippen LogP contribution < -0.4 is 5.73 Å². The molecule has 1 saturated heterocycles. The Bertz CT molecular complexity index is 1200. The van der Waals surface area contributed by atoms with E-state index in [2.05, 4.69) is 16.9 Å². The van der Waals surface area contributed by atoms with E-state index in [4.69, 9.17) is 16.1 Å². The summed E-state index contributed by atoms with van der Waals surface area (Å²) in [5.74, 6) is -0.00995. The number of carbonyl (C=O) groups is 1. The Kier molecular flexibility index (Phi) is 5.35. The van der Waals surface area contributed by atoms with E-state index in [1.165, 1.54) is 17.3 Å². The maximum Gasteiger partial charge on any atom is 0.272 e. The number of amides is 1. The lowest BCUT2D eigenvalue weighted by molar-refractivity contribution is 0.0658. The molecule has 164 valence electrons. The lowest BCUT2D eigenvalue weighted by Gasteiger charge is -2.32. The molecular weight excluding hydrogens is 400 g/mol. The van der Waals surface area contributed by atoms with Crippen molar-refractivity contribution in [2.75, 3.05) is 39.0 Å². The maximum atomic E-state index is 12.9. The fourth-order valence-corrected chi connectivity index (χ4v) is 4.89. The van der Waals surface area contributed by atoms with E-state index in [0.717, 1.165) is 79.6 Å². The van der Waals surface area contributed by atoms with Crippen molar-refractivity contribution >= 4 is 28.7 Å². The van der Waals surface area contributed by atoms with Crippen LogP contribution in [0.3, 0.4) is 0 Å². The van der Waals surface area contributed by atoms with Crippen LogP contribution in [-0.4, -0.2) is 65.1 Å². The van der Waals surface area contributed by atoms with Crippen LogP contribution in [0.5, 0.6) is 0 Å². The van der Waals surface area contributed by atoms with Crippen LogP contribution in [0, 0.1) is 5.41 Å². The average molecular weight is 429 g/mol. The van der Waals surface area contributed by atoms with E-state index in [-0.39, 0.29) is 5.91 Å². The molecule has 1 aromatic carbocycles. The molecule has 0 saturated carbocycles. The standard InChI is InChI=1S/C25H28N6O/c1-30-10-12-31(13-11-30)25(32)22-8-6-16(15-28-22)24-18-5-3-2-4-17(18)23-19(14-26)20(27)7-9-21(23)29-24/h6-9,14-15,26H,2-5,10-13,27H2,1H3. The minimum Gasteiger partial charge on any atom is -0.398 e. The fraction of sp³-hybridized carbons (Fsp3) is 0.360. The molecule has 1 amide bonds. The molecule has 3 aromatic rings. The second kappa shape index (κ2) is 8.31. The molecule has 0 bridgehead atoms. The Morgan fingerprint density at radius 2 is 1.81 bits per heavy atom. The number of nitrogens with zero attached hydrogens (tertiary/aromatic N) is 4.